The molecule has 0 heterocycles. The van der Waals surface area contributed by atoms with E-state index in [1.807, 2.05) is 6.08 Å². The van der Waals surface area contributed by atoms with E-state index in [-0.39, 0.29) is 0 Å². The topological polar surface area (TPSA) is 12.0 Å². The molecule has 2 unspecified atom stereocenters. The third-order valence-electron chi connectivity index (χ3n) is 4.59. The zero-order valence-corrected chi connectivity index (χ0v) is 12.4. The Morgan fingerprint density at radius 1 is 1.32 bits per heavy atom. The van der Waals surface area contributed by atoms with E-state index >= 15 is 0 Å². The first-order valence-electron chi connectivity index (χ1n) is 7.70. The second-order valence-corrected chi connectivity index (χ2v) is 5.73. The van der Waals surface area contributed by atoms with Crippen molar-refractivity contribution in [2.45, 2.75) is 51.5 Å². The molecule has 1 aromatic rings. The summed E-state index contributed by atoms with van der Waals surface area (Å²) < 4.78 is 0. The maximum Gasteiger partial charge on any atom is 0.00955 e. The fraction of sp³-hybridized carbons (Fsp3) is 0.556. The standard InChI is InChI=1S/C18H27N/c1-4-15-11-10-14(12-16(15)5-2)13-17-8-6-7-9-18(17)19-3/h4,10-12,17-19H,1,5-9,13H2,2-3H3. The van der Waals surface area contributed by atoms with Crippen molar-refractivity contribution < 1.29 is 0 Å². The molecule has 1 nitrogen and oxygen atoms in total. The molecular formula is C18H27N. The first-order valence-corrected chi connectivity index (χ1v) is 7.70. The molecule has 19 heavy (non-hydrogen) atoms. The van der Waals surface area contributed by atoms with Crippen LogP contribution >= 0.6 is 0 Å². The highest BCUT2D eigenvalue weighted by Crippen LogP contribution is 2.28. The van der Waals surface area contributed by atoms with Crippen LogP contribution in [-0.4, -0.2) is 13.1 Å². The zero-order chi connectivity index (χ0) is 13.7. The third-order valence-corrected chi connectivity index (χ3v) is 4.59. The van der Waals surface area contributed by atoms with Gasteiger partial charge in [0.1, 0.15) is 0 Å². The lowest BCUT2D eigenvalue weighted by Crippen LogP contribution is -2.37. The Kier molecular flexibility index (Phi) is 5.21. The summed E-state index contributed by atoms with van der Waals surface area (Å²) in [7, 11) is 2.11. The smallest absolute Gasteiger partial charge is 0.00955 e. The molecule has 1 aromatic carbocycles. The van der Waals surface area contributed by atoms with Gasteiger partial charge in [-0.2, -0.15) is 0 Å². The summed E-state index contributed by atoms with van der Waals surface area (Å²) in [5.74, 6) is 0.804. The Bertz CT molecular complexity index is 422. The Hall–Kier alpha value is -1.08. The minimum atomic E-state index is 0.706. The molecule has 0 radical (unpaired) electrons. The van der Waals surface area contributed by atoms with Crippen molar-refractivity contribution in [1.82, 2.24) is 5.32 Å². The van der Waals surface area contributed by atoms with Crippen LogP contribution in [0.2, 0.25) is 0 Å². The Balaban J connectivity index is 2.11. The summed E-state index contributed by atoms with van der Waals surface area (Å²) in [6, 6.07) is 7.62. The second-order valence-electron chi connectivity index (χ2n) is 5.73. The molecule has 1 aliphatic rings. The highest BCUT2D eigenvalue weighted by molar-refractivity contribution is 5.53. The number of benzene rings is 1. The highest BCUT2D eigenvalue weighted by atomic mass is 14.9. The van der Waals surface area contributed by atoms with Gasteiger partial charge in [0.05, 0.1) is 0 Å². The van der Waals surface area contributed by atoms with Crippen LogP contribution in [0.4, 0.5) is 0 Å². The molecule has 0 spiro atoms. The predicted molar refractivity (Wildman–Crippen MR) is 84.4 cm³/mol. The summed E-state index contributed by atoms with van der Waals surface area (Å²) in [5.41, 5.74) is 4.22. The molecular weight excluding hydrogens is 230 g/mol. The molecule has 2 atom stereocenters. The van der Waals surface area contributed by atoms with E-state index in [1.165, 1.54) is 48.8 Å². The number of hydrogen-bond acceptors (Lipinski definition) is 1. The SMILES string of the molecule is C=Cc1ccc(CC2CCCCC2NC)cc1CC. The fourth-order valence-electron chi connectivity index (χ4n) is 3.43. The normalized spacial score (nSPS) is 23.3. The lowest BCUT2D eigenvalue weighted by molar-refractivity contribution is 0.272. The van der Waals surface area contributed by atoms with Crippen LogP contribution in [0.15, 0.2) is 24.8 Å². The molecule has 0 amide bonds. The van der Waals surface area contributed by atoms with Crippen molar-refractivity contribution in [3.63, 3.8) is 0 Å². The average molecular weight is 257 g/mol. The third kappa shape index (κ3) is 3.48. The summed E-state index contributed by atoms with van der Waals surface area (Å²) in [4.78, 5) is 0. The predicted octanol–water partition coefficient (Wildman–Crippen LogP) is 4.21. The van der Waals surface area contributed by atoms with Crippen molar-refractivity contribution >= 4 is 6.08 Å². The van der Waals surface area contributed by atoms with E-state index in [1.54, 1.807) is 0 Å². The van der Waals surface area contributed by atoms with E-state index in [4.69, 9.17) is 0 Å². The van der Waals surface area contributed by atoms with Gasteiger partial charge in [0.2, 0.25) is 0 Å². The van der Waals surface area contributed by atoms with Gasteiger partial charge in [-0.05, 0) is 55.3 Å². The maximum absolute atomic E-state index is 3.90. The van der Waals surface area contributed by atoms with Crippen LogP contribution in [0.3, 0.4) is 0 Å². The number of nitrogens with one attached hydrogen (secondary N) is 1. The Labute approximate surface area is 118 Å². The van der Waals surface area contributed by atoms with Gasteiger partial charge in [0, 0.05) is 6.04 Å². The second kappa shape index (κ2) is 6.91. The van der Waals surface area contributed by atoms with Crippen LogP contribution in [0.25, 0.3) is 6.08 Å². The number of hydrogen-bond donors (Lipinski definition) is 1. The number of aryl methyl sites for hydroxylation is 1. The summed E-state index contributed by atoms with van der Waals surface area (Å²) >= 11 is 0. The number of rotatable bonds is 5. The van der Waals surface area contributed by atoms with Gasteiger partial charge in [-0.1, -0.05) is 50.6 Å². The van der Waals surface area contributed by atoms with Crippen LogP contribution in [0, 0.1) is 5.92 Å². The van der Waals surface area contributed by atoms with Gasteiger partial charge in [0.25, 0.3) is 0 Å². The molecule has 104 valence electrons. The molecule has 0 bridgehead atoms. The first-order chi connectivity index (χ1) is 9.28. The molecule has 1 N–H and O–H groups in total. The van der Waals surface area contributed by atoms with Crippen molar-refractivity contribution in [2.24, 2.45) is 5.92 Å². The molecule has 0 aromatic heterocycles. The molecule has 1 aliphatic carbocycles. The quantitative estimate of drug-likeness (QED) is 0.833. The fourth-order valence-corrected chi connectivity index (χ4v) is 3.43. The summed E-state index contributed by atoms with van der Waals surface area (Å²) in [6.07, 6.45) is 9.78. The minimum absolute atomic E-state index is 0.706. The van der Waals surface area contributed by atoms with Gasteiger partial charge < -0.3 is 5.32 Å². The molecule has 2 rings (SSSR count). The summed E-state index contributed by atoms with van der Waals surface area (Å²) in [5, 5.41) is 3.51. The van der Waals surface area contributed by atoms with E-state index in [2.05, 4.69) is 44.1 Å². The monoisotopic (exact) mass is 257 g/mol. The lowest BCUT2D eigenvalue weighted by atomic mass is 9.80. The summed E-state index contributed by atoms with van der Waals surface area (Å²) in [6.45, 7) is 6.13. The molecule has 1 saturated carbocycles. The van der Waals surface area contributed by atoms with Crippen molar-refractivity contribution in [2.75, 3.05) is 7.05 Å². The van der Waals surface area contributed by atoms with E-state index in [0.717, 1.165) is 12.3 Å². The zero-order valence-electron chi connectivity index (χ0n) is 12.4. The van der Waals surface area contributed by atoms with E-state index in [0.29, 0.717) is 6.04 Å². The van der Waals surface area contributed by atoms with Crippen LogP contribution in [0.1, 0.15) is 49.3 Å². The molecule has 1 heteroatoms. The lowest BCUT2D eigenvalue weighted by Gasteiger charge is -2.31. The molecule has 0 saturated heterocycles. The molecule has 0 aliphatic heterocycles. The van der Waals surface area contributed by atoms with Gasteiger partial charge in [-0.3, -0.25) is 0 Å². The van der Waals surface area contributed by atoms with Crippen LogP contribution in [0.5, 0.6) is 0 Å². The first kappa shape index (κ1) is 14.3. The van der Waals surface area contributed by atoms with Crippen molar-refractivity contribution in [3.05, 3.63) is 41.5 Å². The van der Waals surface area contributed by atoms with Gasteiger partial charge in [0.15, 0.2) is 0 Å². The Morgan fingerprint density at radius 2 is 2.11 bits per heavy atom. The van der Waals surface area contributed by atoms with Crippen LogP contribution < -0.4 is 5.32 Å². The minimum Gasteiger partial charge on any atom is -0.317 e. The van der Waals surface area contributed by atoms with E-state index in [9.17, 15) is 0 Å². The van der Waals surface area contributed by atoms with Gasteiger partial charge >= 0.3 is 0 Å². The maximum atomic E-state index is 3.90. The van der Waals surface area contributed by atoms with Gasteiger partial charge in [-0.25, -0.2) is 0 Å². The van der Waals surface area contributed by atoms with E-state index < -0.39 is 0 Å². The highest BCUT2D eigenvalue weighted by Gasteiger charge is 2.23. The van der Waals surface area contributed by atoms with Crippen LogP contribution in [-0.2, 0) is 12.8 Å². The van der Waals surface area contributed by atoms with Crippen molar-refractivity contribution in [1.29, 1.82) is 0 Å². The average Bonchev–Trinajstić information content (AvgIpc) is 2.47. The largest absolute Gasteiger partial charge is 0.317 e. The Morgan fingerprint density at radius 3 is 2.79 bits per heavy atom. The van der Waals surface area contributed by atoms with Crippen molar-refractivity contribution in [3.8, 4) is 0 Å². The molecule has 1 fully saturated rings. The van der Waals surface area contributed by atoms with Gasteiger partial charge in [-0.15, -0.1) is 0 Å².